The Kier molecular flexibility index (Phi) is 4.61. The van der Waals surface area contributed by atoms with Crippen molar-refractivity contribution in [3.63, 3.8) is 0 Å². The van der Waals surface area contributed by atoms with E-state index in [1.807, 2.05) is 0 Å². The van der Waals surface area contributed by atoms with Crippen LogP contribution in [0.25, 0.3) is 0 Å². The summed E-state index contributed by atoms with van der Waals surface area (Å²) in [6, 6.07) is 4.65. The number of nitrogens with one attached hydrogen (secondary N) is 2. The van der Waals surface area contributed by atoms with Crippen molar-refractivity contribution >= 4 is 44.6 Å². The summed E-state index contributed by atoms with van der Waals surface area (Å²) in [6.45, 7) is 1.78. The highest BCUT2D eigenvalue weighted by molar-refractivity contribution is 7.92. The highest BCUT2D eigenvalue weighted by Crippen LogP contribution is 2.31. The molecule has 5 nitrogen and oxygen atoms in total. The third-order valence-corrected chi connectivity index (χ3v) is 4.95. The van der Waals surface area contributed by atoms with Crippen LogP contribution in [0, 0.1) is 6.92 Å². The molecule has 0 radical (unpaired) electrons. The lowest BCUT2D eigenvalue weighted by atomic mass is 10.2. The largest absolute Gasteiger partial charge is 0.387 e. The maximum Gasteiger partial charge on any atom is 0.265 e. The normalized spacial score (nSPS) is 11.2. The molecule has 1 heterocycles. The number of anilines is 2. The van der Waals surface area contributed by atoms with E-state index in [4.69, 9.17) is 23.2 Å². The van der Waals surface area contributed by atoms with Crippen LogP contribution in [0.4, 0.5) is 11.4 Å². The average molecular weight is 346 g/mol. The van der Waals surface area contributed by atoms with Gasteiger partial charge in [-0.05, 0) is 30.7 Å². The zero-order valence-electron chi connectivity index (χ0n) is 11.3. The topological polar surface area (TPSA) is 71.1 Å². The van der Waals surface area contributed by atoms with Crippen molar-refractivity contribution in [2.75, 3.05) is 17.1 Å². The molecule has 0 spiro atoms. The van der Waals surface area contributed by atoms with Gasteiger partial charge < -0.3 is 5.32 Å². The molecule has 0 bridgehead atoms. The van der Waals surface area contributed by atoms with Crippen LogP contribution < -0.4 is 10.0 Å². The summed E-state index contributed by atoms with van der Waals surface area (Å²) in [5.41, 5.74) is 1.42. The number of sulfonamides is 1. The number of aromatic nitrogens is 1. The number of aryl methyl sites for hydroxylation is 1. The SMILES string of the molecule is CNc1ccncc1S(=O)(=O)Nc1cc(Cl)c(C)cc1Cl. The number of benzene rings is 1. The quantitative estimate of drug-likeness (QED) is 0.888. The van der Waals surface area contributed by atoms with Gasteiger partial charge in [-0.15, -0.1) is 0 Å². The van der Waals surface area contributed by atoms with Gasteiger partial charge in [-0.1, -0.05) is 23.2 Å². The second-order valence-electron chi connectivity index (χ2n) is 4.31. The third-order valence-electron chi connectivity index (χ3n) is 2.84. The summed E-state index contributed by atoms with van der Waals surface area (Å²) in [5.74, 6) is 0. The van der Waals surface area contributed by atoms with Gasteiger partial charge in [0.05, 0.1) is 16.4 Å². The van der Waals surface area contributed by atoms with Gasteiger partial charge in [0.1, 0.15) is 4.90 Å². The summed E-state index contributed by atoms with van der Waals surface area (Å²) in [6.07, 6.45) is 2.76. The fourth-order valence-corrected chi connectivity index (χ4v) is 3.44. The number of rotatable bonds is 4. The van der Waals surface area contributed by atoms with Gasteiger partial charge in [0, 0.05) is 24.5 Å². The first-order chi connectivity index (χ1) is 9.85. The van der Waals surface area contributed by atoms with E-state index in [2.05, 4.69) is 15.0 Å². The summed E-state index contributed by atoms with van der Waals surface area (Å²) >= 11 is 12.1. The van der Waals surface area contributed by atoms with Gasteiger partial charge in [0.25, 0.3) is 10.0 Å². The lowest BCUT2D eigenvalue weighted by Crippen LogP contribution is -2.15. The highest BCUT2D eigenvalue weighted by Gasteiger charge is 2.20. The molecule has 0 fully saturated rings. The van der Waals surface area contributed by atoms with Crippen LogP contribution in [0.2, 0.25) is 10.0 Å². The van der Waals surface area contributed by atoms with E-state index < -0.39 is 10.0 Å². The van der Waals surface area contributed by atoms with Gasteiger partial charge in [-0.25, -0.2) is 8.42 Å². The summed E-state index contributed by atoms with van der Waals surface area (Å²) < 4.78 is 27.3. The Labute approximate surface area is 133 Å². The van der Waals surface area contributed by atoms with Crippen LogP contribution in [-0.4, -0.2) is 20.4 Å². The molecule has 2 N–H and O–H groups in total. The molecular weight excluding hydrogens is 333 g/mol. The highest BCUT2D eigenvalue weighted by atomic mass is 35.5. The zero-order valence-corrected chi connectivity index (χ0v) is 13.6. The average Bonchev–Trinajstić information content (AvgIpc) is 2.44. The number of pyridine rings is 1. The molecule has 112 valence electrons. The Morgan fingerprint density at radius 3 is 2.52 bits per heavy atom. The van der Waals surface area contributed by atoms with E-state index in [0.717, 1.165) is 5.56 Å². The van der Waals surface area contributed by atoms with Gasteiger partial charge in [0.2, 0.25) is 0 Å². The summed E-state index contributed by atoms with van der Waals surface area (Å²) in [5, 5.41) is 3.51. The number of hydrogen-bond donors (Lipinski definition) is 2. The predicted molar refractivity (Wildman–Crippen MR) is 85.8 cm³/mol. The molecule has 0 saturated heterocycles. The van der Waals surface area contributed by atoms with Gasteiger partial charge >= 0.3 is 0 Å². The predicted octanol–water partition coefficient (Wildman–Crippen LogP) is 3.54. The number of hydrogen-bond acceptors (Lipinski definition) is 4. The Hall–Kier alpha value is -1.50. The van der Waals surface area contributed by atoms with Crippen molar-refractivity contribution in [3.05, 3.63) is 46.2 Å². The lowest BCUT2D eigenvalue weighted by molar-refractivity contribution is 0.601. The summed E-state index contributed by atoms with van der Waals surface area (Å²) in [4.78, 5) is 3.87. The van der Waals surface area contributed by atoms with Crippen LogP contribution in [0.15, 0.2) is 35.5 Å². The molecule has 0 amide bonds. The molecule has 0 aliphatic carbocycles. The van der Waals surface area contributed by atoms with E-state index in [-0.39, 0.29) is 15.6 Å². The monoisotopic (exact) mass is 345 g/mol. The number of nitrogens with zero attached hydrogens (tertiary/aromatic N) is 1. The Morgan fingerprint density at radius 1 is 1.14 bits per heavy atom. The second kappa shape index (κ2) is 6.09. The molecule has 1 aromatic carbocycles. The van der Waals surface area contributed by atoms with E-state index >= 15 is 0 Å². The molecule has 1 aromatic heterocycles. The molecule has 2 rings (SSSR count). The van der Waals surface area contributed by atoms with Crippen molar-refractivity contribution in [1.82, 2.24) is 4.98 Å². The van der Waals surface area contributed by atoms with Crippen LogP contribution in [0.3, 0.4) is 0 Å². The minimum Gasteiger partial charge on any atom is -0.387 e. The van der Waals surface area contributed by atoms with Crippen molar-refractivity contribution in [1.29, 1.82) is 0 Å². The van der Waals surface area contributed by atoms with Crippen LogP contribution in [0.5, 0.6) is 0 Å². The first kappa shape index (κ1) is 15.9. The van der Waals surface area contributed by atoms with Crippen LogP contribution in [0.1, 0.15) is 5.56 Å². The maximum atomic E-state index is 12.4. The third kappa shape index (κ3) is 3.40. The smallest absolute Gasteiger partial charge is 0.265 e. The minimum atomic E-state index is -3.83. The molecule has 21 heavy (non-hydrogen) atoms. The Bertz CT molecular complexity index is 779. The second-order valence-corrected chi connectivity index (χ2v) is 6.77. The van der Waals surface area contributed by atoms with Crippen LogP contribution >= 0.6 is 23.2 Å². The molecule has 0 unspecified atom stereocenters. The summed E-state index contributed by atoms with van der Waals surface area (Å²) in [7, 11) is -2.20. The minimum absolute atomic E-state index is 0.0280. The van der Waals surface area contributed by atoms with Gasteiger partial charge in [-0.2, -0.15) is 0 Å². The van der Waals surface area contributed by atoms with Gasteiger partial charge in [0.15, 0.2) is 0 Å². The lowest BCUT2D eigenvalue weighted by Gasteiger charge is -2.13. The van der Waals surface area contributed by atoms with E-state index in [1.54, 1.807) is 26.1 Å². The standard InChI is InChI=1S/C13H13Cl2N3O2S/c1-8-5-10(15)12(6-9(8)14)18-21(19,20)13-7-17-4-3-11(13)16-2/h3-7,18H,1-2H3,(H,16,17). The fourth-order valence-electron chi connectivity index (χ4n) is 1.72. The van der Waals surface area contributed by atoms with Gasteiger partial charge in [-0.3, -0.25) is 9.71 Å². The Morgan fingerprint density at radius 2 is 1.86 bits per heavy atom. The van der Waals surface area contributed by atoms with E-state index in [1.165, 1.54) is 18.5 Å². The Balaban J connectivity index is 2.45. The van der Waals surface area contributed by atoms with Crippen molar-refractivity contribution in [2.45, 2.75) is 11.8 Å². The van der Waals surface area contributed by atoms with E-state index in [0.29, 0.717) is 10.7 Å². The van der Waals surface area contributed by atoms with Crippen molar-refractivity contribution < 1.29 is 8.42 Å². The van der Waals surface area contributed by atoms with Crippen LogP contribution in [-0.2, 0) is 10.0 Å². The fraction of sp³-hybridized carbons (Fsp3) is 0.154. The molecule has 0 aliphatic heterocycles. The van der Waals surface area contributed by atoms with Crippen molar-refractivity contribution in [3.8, 4) is 0 Å². The first-order valence-corrected chi connectivity index (χ1v) is 8.19. The molecule has 0 saturated carbocycles. The molecule has 0 aliphatic rings. The zero-order chi connectivity index (χ0) is 15.6. The van der Waals surface area contributed by atoms with Crippen molar-refractivity contribution in [2.24, 2.45) is 0 Å². The molecule has 0 atom stereocenters. The molecular formula is C13H13Cl2N3O2S. The van der Waals surface area contributed by atoms with E-state index in [9.17, 15) is 8.42 Å². The molecule has 8 heteroatoms. The first-order valence-electron chi connectivity index (χ1n) is 5.95. The maximum absolute atomic E-state index is 12.4. The number of halogens is 2. The molecule has 2 aromatic rings.